The van der Waals surface area contributed by atoms with Crippen LogP contribution in [-0.2, 0) is 17.7 Å². The molecule has 1 aromatic carbocycles. The zero-order chi connectivity index (χ0) is 18.6. The van der Waals surface area contributed by atoms with Crippen molar-refractivity contribution in [2.24, 2.45) is 4.99 Å². The van der Waals surface area contributed by atoms with Crippen LogP contribution in [0.4, 0.5) is 0 Å². The predicted molar refractivity (Wildman–Crippen MR) is 103 cm³/mol. The number of methoxy groups -OCH3 is 1. The van der Waals surface area contributed by atoms with Crippen LogP contribution < -0.4 is 20.1 Å². The van der Waals surface area contributed by atoms with Crippen molar-refractivity contribution in [3.05, 3.63) is 23.3 Å². The van der Waals surface area contributed by atoms with Crippen molar-refractivity contribution < 1.29 is 14.2 Å². The van der Waals surface area contributed by atoms with Crippen LogP contribution in [0.2, 0.25) is 0 Å². The number of aliphatic imine (C=N–C) groups is 1. The molecule has 2 heterocycles. The predicted octanol–water partition coefficient (Wildman–Crippen LogP) is 2.64. The van der Waals surface area contributed by atoms with Crippen molar-refractivity contribution in [3.63, 3.8) is 0 Å². The van der Waals surface area contributed by atoms with Crippen molar-refractivity contribution in [1.29, 1.82) is 0 Å². The molecule has 26 heavy (non-hydrogen) atoms. The molecule has 1 fully saturated rings. The molecule has 2 unspecified atom stereocenters. The number of ether oxygens (including phenoxy) is 3. The minimum absolute atomic E-state index is 0.106. The van der Waals surface area contributed by atoms with Crippen molar-refractivity contribution in [3.8, 4) is 11.5 Å². The lowest BCUT2D eigenvalue weighted by molar-refractivity contribution is 0.0243. The Morgan fingerprint density at radius 1 is 1.38 bits per heavy atom. The van der Waals surface area contributed by atoms with Gasteiger partial charge in [0, 0.05) is 37.2 Å². The molecule has 0 aliphatic carbocycles. The van der Waals surface area contributed by atoms with Gasteiger partial charge in [-0.2, -0.15) is 0 Å². The van der Waals surface area contributed by atoms with Gasteiger partial charge in [-0.05, 0) is 45.7 Å². The molecule has 6 nitrogen and oxygen atoms in total. The molecule has 1 saturated heterocycles. The molecule has 144 valence electrons. The minimum atomic E-state index is -0.106. The average Bonchev–Trinajstić information content (AvgIpc) is 3.21. The molecular weight excluding hydrogens is 330 g/mol. The SMILES string of the molecule is CCNC(=NCc1cc2c(cc1OC)CC(C)O2)NCC1(C)CCCO1. The summed E-state index contributed by atoms with van der Waals surface area (Å²) in [7, 11) is 1.70. The lowest BCUT2D eigenvalue weighted by atomic mass is 10.0. The molecular formula is C20H31N3O3. The smallest absolute Gasteiger partial charge is 0.191 e. The first-order chi connectivity index (χ1) is 12.5. The number of fused-ring (bicyclic) bond motifs is 1. The zero-order valence-corrected chi connectivity index (χ0v) is 16.4. The van der Waals surface area contributed by atoms with E-state index in [1.165, 1.54) is 5.56 Å². The third-order valence-corrected chi connectivity index (χ3v) is 4.98. The van der Waals surface area contributed by atoms with E-state index < -0.39 is 0 Å². The van der Waals surface area contributed by atoms with Gasteiger partial charge in [-0.1, -0.05) is 0 Å². The fourth-order valence-electron chi connectivity index (χ4n) is 3.55. The fraction of sp³-hybridized carbons (Fsp3) is 0.650. The zero-order valence-electron chi connectivity index (χ0n) is 16.4. The van der Waals surface area contributed by atoms with Gasteiger partial charge >= 0.3 is 0 Å². The number of benzene rings is 1. The first kappa shape index (κ1) is 18.8. The van der Waals surface area contributed by atoms with Crippen molar-refractivity contribution in [2.45, 2.75) is 58.3 Å². The first-order valence-electron chi connectivity index (χ1n) is 9.55. The quantitative estimate of drug-likeness (QED) is 0.602. The number of rotatable bonds is 6. The van der Waals surface area contributed by atoms with Gasteiger partial charge in [0.15, 0.2) is 5.96 Å². The van der Waals surface area contributed by atoms with E-state index in [2.05, 4.69) is 43.5 Å². The van der Waals surface area contributed by atoms with Crippen molar-refractivity contribution in [1.82, 2.24) is 10.6 Å². The van der Waals surface area contributed by atoms with E-state index >= 15 is 0 Å². The number of hydrogen-bond acceptors (Lipinski definition) is 4. The average molecular weight is 361 g/mol. The van der Waals surface area contributed by atoms with Gasteiger partial charge in [0.25, 0.3) is 0 Å². The summed E-state index contributed by atoms with van der Waals surface area (Å²) in [4.78, 5) is 4.73. The molecule has 3 rings (SSSR count). The summed E-state index contributed by atoms with van der Waals surface area (Å²) in [6.07, 6.45) is 3.35. The van der Waals surface area contributed by atoms with E-state index in [0.29, 0.717) is 6.54 Å². The largest absolute Gasteiger partial charge is 0.496 e. The van der Waals surface area contributed by atoms with Crippen LogP contribution in [0.15, 0.2) is 17.1 Å². The highest BCUT2D eigenvalue weighted by atomic mass is 16.5. The maximum Gasteiger partial charge on any atom is 0.191 e. The van der Waals surface area contributed by atoms with Gasteiger partial charge < -0.3 is 24.8 Å². The van der Waals surface area contributed by atoms with Gasteiger partial charge in [-0.25, -0.2) is 4.99 Å². The molecule has 1 aromatic rings. The second kappa shape index (κ2) is 8.16. The fourth-order valence-corrected chi connectivity index (χ4v) is 3.55. The highest BCUT2D eigenvalue weighted by Crippen LogP contribution is 2.35. The molecule has 0 radical (unpaired) electrons. The van der Waals surface area contributed by atoms with Crippen LogP contribution in [0.25, 0.3) is 0 Å². The Labute approximate surface area is 156 Å². The third kappa shape index (κ3) is 4.41. The Bertz CT molecular complexity index is 654. The summed E-state index contributed by atoms with van der Waals surface area (Å²) >= 11 is 0. The third-order valence-electron chi connectivity index (χ3n) is 4.98. The molecule has 2 aliphatic heterocycles. The maximum absolute atomic E-state index is 5.88. The Morgan fingerprint density at radius 2 is 2.23 bits per heavy atom. The lowest BCUT2D eigenvalue weighted by Gasteiger charge is -2.24. The first-order valence-corrected chi connectivity index (χ1v) is 9.55. The molecule has 6 heteroatoms. The molecule has 2 N–H and O–H groups in total. The standard InChI is InChI=1S/C20H31N3O3/c1-5-21-19(23-13-20(3)7-6-8-25-20)22-12-16-11-18-15(9-14(2)26-18)10-17(16)24-4/h10-11,14H,5-9,12-13H2,1-4H3,(H2,21,22,23). The van der Waals surface area contributed by atoms with Gasteiger partial charge in [0.05, 0.1) is 19.3 Å². The molecule has 0 saturated carbocycles. The van der Waals surface area contributed by atoms with Crippen LogP contribution >= 0.6 is 0 Å². The molecule has 0 bridgehead atoms. The molecule has 2 atom stereocenters. The van der Waals surface area contributed by atoms with Gasteiger partial charge in [0.1, 0.15) is 17.6 Å². The van der Waals surface area contributed by atoms with Crippen LogP contribution in [-0.4, -0.2) is 44.5 Å². The molecule has 2 aliphatic rings. The van der Waals surface area contributed by atoms with E-state index in [0.717, 1.165) is 62.0 Å². The van der Waals surface area contributed by atoms with Crippen molar-refractivity contribution in [2.75, 3.05) is 26.8 Å². The summed E-state index contributed by atoms with van der Waals surface area (Å²) in [6.45, 7) is 9.24. The Balaban J connectivity index is 1.70. The molecule has 0 amide bonds. The van der Waals surface area contributed by atoms with E-state index in [-0.39, 0.29) is 11.7 Å². The Morgan fingerprint density at radius 3 is 2.92 bits per heavy atom. The molecule has 0 aromatic heterocycles. The number of nitrogens with one attached hydrogen (secondary N) is 2. The van der Waals surface area contributed by atoms with E-state index in [4.69, 9.17) is 19.2 Å². The van der Waals surface area contributed by atoms with E-state index in [9.17, 15) is 0 Å². The van der Waals surface area contributed by atoms with Crippen LogP contribution in [0, 0.1) is 0 Å². The number of hydrogen-bond donors (Lipinski definition) is 2. The highest BCUT2D eigenvalue weighted by molar-refractivity contribution is 5.79. The topological polar surface area (TPSA) is 64.1 Å². The second-order valence-corrected chi connectivity index (χ2v) is 7.36. The van der Waals surface area contributed by atoms with Crippen LogP contribution in [0.3, 0.4) is 0 Å². The van der Waals surface area contributed by atoms with E-state index in [1.54, 1.807) is 7.11 Å². The highest BCUT2D eigenvalue weighted by Gasteiger charge is 2.29. The summed E-state index contributed by atoms with van der Waals surface area (Å²) in [5.41, 5.74) is 2.13. The monoisotopic (exact) mass is 361 g/mol. The lowest BCUT2D eigenvalue weighted by Crippen LogP contribution is -2.45. The maximum atomic E-state index is 5.88. The van der Waals surface area contributed by atoms with Gasteiger partial charge in [-0.3, -0.25) is 0 Å². The normalized spacial score (nSPS) is 24.9. The molecule has 0 spiro atoms. The summed E-state index contributed by atoms with van der Waals surface area (Å²) in [6, 6.07) is 4.14. The van der Waals surface area contributed by atoms with Crippen LogP contribution in [0.1, 0.15) is 44.7 Å². The summed E-state index contributed by atoms with van der Waals surface area (Å²) in [5, 5.41) is 6.71. The summed E-state index contributed by atoms with van der Waals surface area (Å²) < 4.78 is 17.3. The Hall–Kier alpha value is -1.95. The van der Waals surface area contributed by atoms with E-state index in [1.807, 2.05) is 0 Å². The summed E-state index contributed by atoms with van der Waals surface area (Å²) in [5.74, 6) is 2.61. The van der Waals surface area contributed by atoms with Crippen molar-refractivity contribution >= 4 is 5.96 Å². The van der Waals surface area contributed by atoms with Crippen LogP contribution in [0.5, 0.6) is 11.5 Å². The van der Waals surface area contributed by atoms with Gasteiger partial charge in [-0.15, -0.1) is 0 Å². The second-order valence-electron chi connectivity index (χ2n) is 7.36. The number of guanidine groups is 1. The minimum Gasteiger partial charge on any atom is -0.496 e. The van der Waals surface area contributed by atoms with Gasteiger partial charge in [0.2, 0.25) is 0 Å². The Kier molecular flexibility index (Phi) is 5.91. The number of nitrogens with zero attached hydrogens (tertiary/aromatic N) is 1.